The molecule has 5 rings (SSSR count). The van der Waals surface area contributed by atoms with Crippen LogP contribution >= 0.6 is 34.8 Å². The molecule has 0 radical (unpaired) electrons. The highest BCUT2D eigenvalue weighted by atomic mass is 35.5. The van der Waals surface area contributed by atoms with Gasteiger partial charge in [0.2, 0.25) is 5.79 Å². The Hall–Kier alpha value is -3.07. The number of nitrogens with zero attached hydrogens (tertiary/aromatic N) is 2. The van der Waals surface area contributed by atoms with Crippen molar-refractivity contribution in [1.82, 2.24) is 9.99 Å². The maximum absolute atomic E-state index is 12.4. The topological polar surface area (TPSA) is 85.1 Å². The summed E-state index contributed by atoms with van der Waals surface area (Å²) >= 11 is 18.5. The van der Waals surface area contributed by atoms with Gasteiger partial charge in [-0.3, -0.25) is 4.79 Å². The number of phenolic OH excluding ortho intramolecular Hbond substituents is 1. The Kier molecular flexibility index (Phi) is 6.92. The van der Waals surface area contributed by atoms with Crippen LogP contribution in [0.15, 0.2) is 72.0 Å². The van der Waals surface area contributed by atoms with Gasteiger partial charge in [0.25, 0.3) is 5.91 Å². The minimum Gasteiger partial charge on any atom is -0.506 e. The average molecular weight is 545 g/mol. The van der Waals surface area contributed by atoms with Gasteiger partial charge >= 0.3 is 0 Å². The summed E-state index contributed by atoms with van der Waals surface area (Å²) in [6, 6.07) is 17.2. The molecular weight excluding hydrogens is 525 g/mol. The number of aromatic hydroxyl groups is 1. The third-order valence-corrected chi connectivity index (χ3v) is 6.75. The first kappa shape index (κ1) is 24.6. The van der Waals surface area contributed by atoms with E-state index in [-0.39, 0.29) is 16.3 Å². The monoisotopic (exact) mass is 543 g/mol. The first-order chi connectivity index (χ1) is 17.4. The standard InChI is InChI=1S/C26H20Cl3N3O4/c27-18-5-6-20(21(28)13-18)26(35-10-11-36-26)15-32-9-8-19-17(2-1-3-23(19)32)14-30-31-25(34)16-4-7-24(33)22(29)12-16/h1-9,12-14,33H,10-11,15H2,(H,31,34)/b30-14+. The molecule has 10 heteroatoms. The van der Waals surface area contributed by atoms with E-state index in [1.807, 2.05) is 41.1 Å². The van der Waals surface area contributed by atoms with Crippen LogP contribution in [0, 0.1) is 0 Å². The number of hydrogen-bond donors (Lipinski definition) is 2. The maximum atomic E-state index is 12.4. The summed E-state index contributed by atoms with van der Waals surface area (Å²) in [5.74, 6) is -1.59. The molecule has 1 fully saturated rings. The summed E-state index contributed by atoms with van der Waals surface area (Å²) < 4.78 is 14.2. The van der Waals surface area contributed by atoms with Gasteiger partial charge in [-0.15, -0.1) is 0 Å². The number of carbonyl (C=O) groups excluding carboxylic acids is 1. The van der Waals surface area contributed by atoms with Crippen molar-refractivity contribution in [1.29, 1.82) is 0 Å². The van der Waals surface area contributed by atoms with Crippen molar-refractivity contribution in [3.8, 4) is 5.75 Å². The quantitative estimate of drug-likeness (QED) is 0.231. The number of amides is 1. The van der Waals surface area contributed by atoms with E-state index in [0.717, 1.165) is 16.5 Å². The Labute approximate surface area is 221 Å². The Morgan fingerprint density at radius 1 is 1.06 bits per heavy atom. The van der Waals surface area contributed by atoms with Crippen molar-refractivity contribution in [2.45, 2.75) is 12.3 Å². The van der Waals surface area contributed by atoms with Crippen LogP contribution in [0.4, 0.5) is 0 Å². The molecule has 2 N–H and O–H groups in total. The van der Waals surface area contributed by atoms with Gasteiger partial charge in [-0.25, -0.2) is 5.43 Å². The van der Waals surface area contributed by atoms with Crippen LogP contribution in [-0.4, -0.2) is 35.0 Å². The molecule has 1 aliphatic heterocycles. The fourth-order valence-corrected chi connectivity index (χ4v) is 4.91. The molecule has 0 aliphatic carbocycles. The molecule has 7 nitrogen and oxygen atoms in total. The largest absolute Gasteiger partial charge is 0.506 e. The van der Waals surface area contributed by atoms with Crippen molar-refractivity contribution in [3.05, 3.63) is 98.6 Å². The van der Waals surface area contributed by atoms with E-state index in [2.05, 4.69) is 10.5 Å². The lowest BCUT2D eigenvalue weighted by Gasteiger charge is -2.29. The van der Waals surface area contributed by atoms with Crippen LogP contribution in [0.1, 0.15) is 21.5 Å². The lowest BCUT2D eigenvalue weighted by atomic mass is 10.1. The lowest BCUT2D eigenvalue weighted by Crippen LogP contribution is -2.33. The van der Waals surface area contributed by atoms with E-state index in [1.54, 1.807) is 18.3 Å². The highest BCUT2D eigenvalue weighted by Crippen LogP contribution is 2.39. The summed E-state index contributed by atoms with van der Waals surface area (Å²) in [6.07, 6.45) is 3.51. The molecule has 0 bridgehead atoms. The van der Waals surface area contributed by atoms with E-state index >= 15 is 0 Å². The highest BCUT2D eigenvalue weighted by Gasteiger charge is 2.41. The third-order valence-electron chi connectivity index (χ3n) is 5.90. The van der Waals surface area contributed by atoms with Gasteiger partial charge in [-0.05, 0) is 42.5 Å². The molecule has 1 amide bonds. The fraction of sp³-hybridized carbons (Fsp3) is 0.154. The predicted molar refractivity (Wildman–Crippen MR) is 140 cm³/mol. The second-order valence-electron chi connectivity index (χ2n) is 8.16. The molecule has 0 atom stereocenters. The van der Waals surface area contributed by atoms with Crippen LogP contribution < -0.4 is 5.43 Å². The van der Waals surface area contributed by atoms with Crippen LogP contribution in [0.3, 0.4) is 0 Å². The number of rotatable bonds is 6. The van der Waals surface area contributed by atoms with Gasteiger partial charge in [-0.1, -0.05) is 53.0 Å². The van der Waals surface area contributed by atoms with Gasteiger partial charge in [0, 0.05) is 38.8 Å². The Morgan fingerprint density at radius 2 is 1.86 bits per heavy atom. The number of carbonyl (C=O) groups is 1. The first-order valence-corrected chi connectivity index (χ1v) is 12.1. The maximum Gasteiger partial charge on any atom is 0.271 e. The summed E-state index contributed by atoms with van der Waals surface area (Å²) in [4.78, 5) is 12.4. The van der Waals surface area contributed by atoms with E-state index in [4.69, 9.17) is 44.3 Å². The van der Waals surface area contributed by atoms with Crippen molar-refractivity contribution in [2.24, 2.45) is 5.10 Å². The molecule has 184 valence electrons. The van der Waals surface area contributed by atoms with Gasteiger partial charge in [-0.2, -0.15) is 5.10 Å². The molecule has 1 aromatic heterocycles. The zero-order chi connectivity index (χ0) is 25.3. The van der Waals surface area contributed by atoms with E-state index in [0.29, 0.717) is 35.4 Å². The molecule has 3 aromatic carbocycles. The molecule has 0 unspecified atom stereocenters. The van der Waals surface area contributed by atoms with Crippen molar-refractivity contribution < 1.29 is 19.4 Å². The zero-order valence-electron chi connectivity index (χ0n) is 18.7. The minimum atomic E-state index is -1.04. The first-order valence-electron chi connectivity index (χ1n) is 11.0. The number of fused-ring (bicyclic) bond motifs is 1. The second kappa shape index (κ2) is 10.1. The van der Waals surface area contributed by atoms with E-state index in [9.17, 15) is 9.90 Å². The van der Waals surface area contributed by atoms with Crippen molar-refractivity contribution in [3.63, 3.8) is 0 Å². The molecule has 1 aliphatic rings. The van der Waals surface area contributed by atoms with Gasteiger partial charge in [0.1, 0.15) is 5.75 Å². The third kappa shape index (κ3) is 4.81. The molecule has 4 aromatic rings. The van der Waals surface area contributed by atoms with Crippen LogP contribution in [-0.2, 0) is 21.8 Å². The van der Waals surface area contributed by atoms with Crippen LogP contribution in [0.25, 0.3) is 10.9 Å². The molecular formula is C26H20Cl3N3O4. The fourth-order valence-electron chi connectivity index (χ4n) is 4.18. The number of benzene rings is 3. The number of hydrogen-bond acceptors (Lipinski definition) is 5. The molecule has 1 saturated heterocycles. The number of aromatic nitrogens is 1. The Morgan fingerprint density at radius 3 is 2.61 bits per heavy atom. The normalized spacial score (nSPS) is 15.1. The number of ether oxygens (including phenoxy) is 2. The van der Waals surface area contributed by atoms with Gasteiger partial charge in [0.05, 0.1) is 36.0 Å². The Bertz CT molecular complexity index is 1480. The number of phenols is 1. The predicted octanol–water partition coefficient (Wildman–Crippen LogP) is 5.97. The van der Waals surface area contributed by atoms with Crippen molar-refractivity contribution >= 4 is 57.8 Å². The number of nitrogens with one attached hydrogen (secondary N) is 1. The molecule has 0 spiro atoms. The number of hydrazone groups is 1. The van der Waals surface area contributed by atoms with E-state index in [1.165, 1.54) is 18.2 Å². The van der Waals surface area contributed by atoms with Gasteiger partial charge < -0.3 is 19.1 Å². The smallest absolute Gasteiger partial charge is 0.271 e. The zero-order valence-corrected chi connectivity index (χ0v) is 21.0. The van der Waals surface area contributed by atoms with Crippen LogP contribution in [0.2, 0.25) is 15.1 Å². The van der Waals surface area contributed by atoms with Crippen molar-refractivity contribution in [2.75, 3.05) is 13.2 Å². The lowest BCUT2D eigenvalue weighted by molar-refractivity contribution is -0.175. The minimum absolute atomic E-state index is 0.0885. The Balaban J connectivity index is 1.39. The number of halogens is 3. The molecule has 2 heterocycles. The highest BCUT2D eigenvalue weighted by molar-refractivity contribution is 6.35. The second-order valence-corrected chi connectivity index (χ2v) is 9.41. The summed E-state index contributed by atoms with van der Waals surface area (Å²) in [5, 5.41) is 15.6. The summed E-state index contributed by atoms with van der Waals surface area (Å²) in [5.41, 5.74) is 5.21. The average Bonchev–Trinajstić information content (AvgIpc) is 3.49. The SMILES string of the molecule is O=C(N/N=C/c1cccc2c1ccn2CC1(c2ccc(Cl)cc2Cl)OCCO1)c1ccc(O)c(Cl)c1. The van der Waals surface area contributed by atoms with Crippen LogP contribution in [0.5, 0.6) is 5.75 Å². The van der Waals surface area contributed by atoms with E-state index < -0.39 is 11.7 Å². The molecule has 36 heavy (non-hydrogen) atoms. The summed E-state index contributed by atoms with van der Waals surface area (Å²) in [6.45, 7) is 1.26. The van der Waals surface area contributed by atoms with Gasteiger partial charge in [0.15, 0.2) is 0 Å². The molecule has 0 saturated carbocycles. The summed E-state index contributed by atoms with van der Waals surface area (Å²) in [7, 11) is 0.